The van der Waals surface area contributed by atoms with Crippen LogP contribution in [0.3, 0.4) is 0 Å². The highest BCUT2D eigenvalue weighted by Gasteiger charge is 2.97. The molecule has 0 saturated carbocycles. The maximum absolute atomic E-state index is 13.4. The minimum atomic E-state index is -9.25. The Kier molecular flexibility index (Phi) is 7.54. The van der Waals surface area contributed by atoms with Gasteiger partial charge in [0.05, 0.1) is 0 Å². The molecular formula is C12H3F21O2. The zero-order valence-corrected chi connectivity index (χ0v) is 15.0. The van der Waals surface area contributed by atoms with Crippen LogP contribution in [-0.4, -0.2) is 70.6 Å². The van der Waals surface area contributed by atoms with Crippen molar-refractivity contribution in [2.24, 2.45) is 0 Å². The molecule has 0 aliphatic carbocycles. The number of hydrogen-bond donors (Lipinski definition) is 1. The van der Waals surface area contributed by atoms with Crippen molar-refractivity contribution in [3.8, 4) is 0 Å². The summed E-state index contributed by atoms with van der Waals surface area (Å²) in [6.07, 6.45) is -11.7. The molecular weight excluding hydrogens is 575 g/mol. The molecule has 0 aromatic carbocycles. The third-order valence-corrected chi connectivity index (χ3v) is 3.95. The Balaban J connectivity index is 7.05. The van der Waals surface area contributed by atoms with E-state index in [9.17, 15) is 97.0 Å². The summed E-state index contributed by atoms with van der Waals surface area (Å²) in [4.78, 5) is 9.95. The van der Waals surface area contributed by atoms with Crippen molar-refractivity contribution in [1.29, 1.82) is 0 Å². The number of rotatable bonds is 10. The molecule has 1 N–H and O–H groups in total. The molecule has 0 aliphatic rings. The van der Waals surface area contributed by atoms with Crippen LogP contribution in [0.1, 0.15) is 6.42 Å². The van der Waals surface area contributed by atoms with Crippen LogP contribution in [0.15, 0.2) is 0 Å². The van der Waals surface area contributed by atoms with Gasteiger partial charge in [-0.1, -0.05) is 0 Å². The van der Waals surface area contributed by atoms with Crippen molar-refractivity contribution >= 4 is 5.97 Å². The highest BCUT2D eigenvalue weighted by Crippen LogP contribution is 2.66. The van der Waals surface area contributed by atoms with Gasteiger partial charge in [0.1, 0.15) is 6.42 Å². The topological polar surface area (TPSA) is 37.3 Å². The summed E-state index contributed by atoms with van der Waals surface area (Å²) in [6.45, 7) is 0. The fourth-order valence-corrected chi connectivity index (χ4v) is 1.89. The van der Waals surface area contributed by atoms with Gasteiger partial charge < -0.3 is 5.11 Å². The standard InChI is InChI=1S/C12H3F21O2/c13-3(14,1-2(34)35)4(15,16)5(17,18)6(19,20)7(21,22)8(23,24)9(25,26)10(27,28)11(29,30)12(31,32)33/h1H2,(H,34,35). The first-order chi connectivity index (χ1) is 14.7. The smallest absolute Gasteiger partial charge is 0.460 e. The van der Waals surface area contributed by atoms with Crippen LogP contribution < -0.4 is 0 Å². The Morgan fingerprint density at radius 1 is 0.400 bits per heavy atom. The lowest BCUT2D eigenvalue weighted by molar-refractivity contribution is -0.474. The second kappa shape index (κ2) is 8.00. The lowest BCUT2D eigenvalue weighted by Crippen LogP contribution is -2.76. The van der Waals surface area contributed by atoms with E-state index in [2.05, 4.69) is 0 Å². The normalized spacial score (nSPS) is 16.5. The van der Waals surface area contributed by atoms with Crippen molar-refractivity contribution < 1.29 is 102 Å². The largest absolute Gasteiger partial charge is 0.481 e. The third-order valence-electron chi connectivity index (χ3n) is 3.95. The molecule has 0 spiro atoms. The summed E-state index contributed by atoms with van der Waals surface area (Å²) in [7, 11) is 0. The van der Waals surface area contributed by atoms with E-state index in [0.717, 1.165) is 0 Å². The van der Waals surface area contributed by atoms with Gasteiger partial charge in [0.2, 0.25) is 0 Å². The zero-order valence-electron chi connectivity index (χ0n) is 15.0. The first kappa shape index (κ1) is 33.0. The molecule has 0 heterocycles. The maximum Gasteiger partial charge on any atom is 0.460 e. The minimum absolute atomic E-state index is 3.27. The summed E-state index contributed by atoms with van der Waals surface area (Å²) >= 11 is 0. The molecule has 210 valence electrons. The van der Waals surface area contributed by atoms with Gasteiger partial charge in [-0.15, -0.1) is 0 Å². The summed E-state index contributed by atoms with van der Waals surface area (Å²) < 4.78 is 272. The van der Waals surface area contributed by atoms with Gasteiger partial charge in [0.25, 0.3) is 0 Å². The van der Waals surface area contributed by atoms with Gasteiger partial charge in [-0.2, -0.15) is 92.2 Å². The predicted molar refractivity (Wildman–Crippen MR) is 62.8 cm³/mol. The third kappa shape index (κ3) is 4.08. The maximum atomic E-state index is 13.4. The number of halogens is 21. The Morgan fingerprint density at radius 3 is 0.800 bits per heavy atom. The molecule has 0 fully saturated rings. The van der Waals surface area contributed by atoms with E-state index < -0.39 is 71.9 Å². The molecule has 0 unspecified atom stereocenters. The van der Waals surface area contributed by atoms with E-state index in [-0.39, 0.29) is 0 Å². The molecule has 0 bridgehead atoms. The average Bonchev–Trinajstić information content (AvgIpc) is 2.58. The summed E-state index contributed by atoms with van der Waals surface area (Å²) in [5.74, 6) is -81.5. The number of hydrogen-bond acceptors (Lipinski definition) is 1. The predicted octanol–water partition coefficient (Wildman–Crippen LogP) is 6.74. The Morgan fingerprint density at radius 2 is 0.600 bits per heavy atom. The molecule has 0 aromatic heterocycles. The Labute approximate surface area is 175 Å². The van der Waals surface area contributed by atoms with E-state index in [1.807, 2.05) is 0 Å². The van der Waals surface area contributed by atoms with Crippen LogP contribution in [-0.2, 0) is 4.79 Å². The van der Waals surface area contributed by atoms with Crippen molar-refractivity contribution in [3.05, 3.63) is 0 Å². The van der Waals surface area contributed by atoms with Crippen LogP contribution in [0.2, 0.25) is 0 Å². The van der Waals surface area contributed by atoms with Crippen LogP contribution in [0, 0.1) is 0 Å². The average molecular weight is 578 g/mol. The minimum Gasteiger partial charge on any atom is -0.481 e. The number of carboxylic acids is 1. The monoisotopic (exact) mass is 578 g/mol. The van der Waals surface area contributed by atoms with E-state index in [1.165, 1.54) is 0 Å². The molecule has 0 atom stereocenters. The van der Waals surface area contributed by atoms with E-state index in [4.69, 9.17) is 5.11 Å². The summed E-state index contributed by atoms with van der Waals surface area (Å²) in [5, 5.41) is 7.85. The number of carboxylic acid groups (broad SMARTS) is 1. The zero-order chi connectivity index (χ0) is 29.3. The highest BCUT2D eigenvalue weighted by atomic mass is 19.4. The van der Waals surface area contributed by atoms with E-state index in [0.29, 0.717) is 0 Å². The van der Waals surface area contributed by atoms with E-state index >= 15 is 0 Å². The summed E-state index contributed by atoms with van der Waals surface area (Å²) in [6, 6.07) is 0. The molecule has 0 aromatic rings. The first-order valence-corrected chi connectivity index (χ1v) is 7.35. The SMILES string of the molecule is O=C(O)CC(F)(F)C(F)(F)C(F)(F)C(F)(F)C(F)(F)C(F)(F)C(F)(F)C(F)(F)C(F)(F)C(F)(F)F. The number of carbonyl (C=O) groups is 1. The van der Waals surface area contributed by atoms with Gasteiger partial charge in [-0.25, -0.2) is 0 Å². The highest BCUT2D eigenvalue weighted by molar-refractivity contribution is 5.68. The molecule has 23 heteroatoms. The fraction of sp³-hybridized carbons (Fsp3) is 0.917. The molecule has 2 nitrogen and oxygen atoms in total. The molecule has 35 heavy (non-hydrogen) atoms. The van der Waals surface area contributed by atoms with Crippen molar-refractivity contribution in [1.82, 2.24) is 0 Å². The van der Waals surface area contributed by atoms with Gasteiger partial charge in [-0.3, -0.25) is 4.79 Å². The van der Waals surface area contributed by atoms with Crippen LogP contribution in [0.25, 0.3) is 0 Å². The molecule has 0 radical (unpaired) electrons. The van der Waals surface area contributed by atoms with Gasteiger partial charge in [0, 0.05) is 0 Å². The summed E-state index contributed by atoms with van der Waals surface area (Å²) in [5.41, 5.74) is 0. The van der Waals surface area contributed by atoms with E-state index in [1.54, 1.807) is 0 Å². The van der Waals surface area contributed by atoms with Gasteiger partial charge in [-0.05, 0) is 0 Å². The number of aliphatic carboxylic acids is 1. The molecule has 0 saturated heterocycles. The lowest BCUT2D eigenvalue weighted by Gasteiger charge is -2.44. The van der Waals surface area contributed by atoms with Crippen LogP contribution in [0.5, 0.6) is 0 Å². The molecule has 0 rings (SSSR count). The number of alkyl halides is 21. The lowest BCUT2D eigenvalue weighted by atomic mass is 9.86. The van der Waals surface area contributed by atoms with Crippen LogP contribution in [0.4, 0.5) is 92.2 Å². The Hall–Kier alpha value is -2.00. The fourth-order valence-electron chi connectivity index (χ4n) is 1.89. The van der Waals surface area contributed by atoms with Crippen LogP contribution >= 0.6 is 0 Å². The van der Waals surface area contributed by atoms with Crippen molar-refractivity contribution in [3.63, 3.8) is 0 Å². The van der Waals surface area contributed by atoms with Crippen molar-refractivity contribution in [2.45, 2.75) is 65.9 Å². The second-order valence-corrected chi connectivity index (χ2v) is 6.37. The quantitative estimate of drug-likeness (QED) is 0.292. The molecule has 0 amide bonds. The first-order valence-electron chi connectivity index (χ1n) is 7.35. The van der Waals surface area contributed by atoms with Gasteiger partial charge >= 0.3 is 65.4 Å². The van der Waals surface area contributed by atoms with Crippen molar-refractivity contribution in [2.75, 3.05) is 0 Å². The Bertz CT molecular complexity index is 806. The second-order valence-electron chi connectivity index (χ2n) is 6.37. The molecule has 0 aliphatic heterocycles. The van der Waals surface area contributed by atoms with Gasteiger partial charge in [0.15, 0.2) is 0 Å².